The second-order valence-electron chi connectivity index (χ2n) is 3.53. The first-order valence-corrected chi connectivity index (χ1v) is 5.89. The monoisotopic (exact) mass is 286 g/mol. The summed E-state index contributed by atoms with van der Waals surface area (Å²) in [6.07, 6.45) is 0. The van der Waals surface area contributed by atoms with Crippen LogP contribution in [0.25, 0.3) is 0 Å². The van der Waals surface area contributed by atoms with Crippen LogP contribution in [0.15, 0.2) is 36.4 Å². The van der Waals surface area contributed by atoms with E-state index >= 15 is 0 Å². The Morgan fingerprint density at radius 2 is 1.61 bits per heavy atom. The Balaban J connectivity index is 2.40. The molecular weight excluding hydrogens is 278 g/mol. The van der Waals surface area contributed by atoms with Gasteiger partial charge in [-0.15, -0.1) is 0 Å². The lowest BCUT2D eigenvalue weighted by atomic mass is 10.2. The van der Waals surface area contributed by atoms with Gasteiger partial charge in [-0.25, -0.2) is 4.39 Å². The molecule has 2 nitrogen and oxygen atoms in total. The van der Waals surface area contributed by atoms with Gasteiger partial charge in [0.15, 0.2) is 11.6 Å². The Kier molecular flexibility index (Phi) is 4.07. The molecule has 1 N–H and O–H groups in total. The normalized spacial score (nSPS) is 10.4. The molecule has 0 aliphatic rings. The van der Waals surface area contributed by atoms with Gasteiger partial charge in [0.25, 0.3) is 0 Å². The molecule has 0 radical (unpaired) electrons. The summed E-state index contributed by atoms with van der Waals surface area (Å²) in [5.74, 6) is -0.367. The molecular formula is C13H9Cl2FO2. The van der Waals surface area contributed by atoms with Crippen LogP contribution in [0.4, 0.5) is 4.39 Å². The van der Waals surface area contributed by atoms with Gasteiger partial charge in [-0.05, 0) is 24.3 Å². The van der Waals surface area contributed by atoms with Crippen LogP contribution < -0.4 is 4.74 Å². The summed E-state index contributed by atoms with van der Waals surface area (Å²) in [4.78, 5) is 0. The molecule has 0 atom stereocenters. The summed E-state index contributed by atoms with van der Waals surface area (Å²) in [7, 11) is 0. The lowest BCUT2D eigenvalue weighted by Gasteiger charge is -2.11. The van der Waals surface area contributed by atoms with Gasteiger partial charge in [-0.3, -0.25) is 0 Å². The Hall–Kier alpha value is -1.29. The van der Waals surface area contributed by atoms with Crippen LogP contribution in [0.1, 0.15) is 5.56 Å². The Bertz CT molecular complexity index is 573. The highest BCUT2D eigenvalue weighted by Gasteiger charge is 2.12. The molecule has 2 rings (SSSR count). The van der Waals surface area contributed by atoms with E-state index in [1.165, 1.54) is 12.1 Å². The maximum Gasteiger partial charge on any atom is 0.184 e. The van der Waals surface area contributed by atoms with Crippen LogP contribution in [0.3, 0.4) is 0 Å². The van der Waals surface area contributed by atoms with Gasteiger partial charge < -0.3 is 9.84 Å². The summed E-state index contributed by atoms with van der Waals surface area (Å²) in [5, 5.41) is 9.55. The molecule has 18 heavy (non-hydrogen) atoms. The molecule has 2 aromatic rings. The Labute approximate surface area is 114 Å². The van der Waals surface area contributed by atoms with E-state index in [0.29, 0.717) is 16.3 Å². The SMILES string of the molecule is OCc1c(Cl)cccc1Oc1cccc(Cl)c1F. The molecule has 0 fully saturated rings. The average Bonchev–Trinajstić information content (AvgIpc) is 2.35. The lowest BCUT2D eigenvalue weighted by molar-refractivity contribution is 0.276. The standard InChI is InChI=1S/C13H9Cl2FO2/c14-9-3-1-5-11(8(9)7-17)18-12-6-2-4-10(15)13(12)16/h1-6,17H,7H2. The highest BCUT2D eigenvalue weighted by atomic mass is 35.5. The zero-order chi connectivity index (χ0) is 13.1. The topological polar surface area (TPSA) is 29.5 Å². The van der Waals surface area contributed by atoms with E-state index in [1.807, 2.05) is 0 Å². The molecule has 0 saturated carbocycles. The highest BCUT2D eigenvalue weighted by molar-refractivity contribution is 6.31. The molecule has 0 heterocycles. The molecule has 0 aromatic heterocycles. The minimum atomic E-state index is -0.650. The summed E-state index contributed by atoms with van der Waals surface area (Å²) in [6.45, 7) is -0.294. The van der Waals surface area contributed by atoms with Crippen molar-refractivity contribution in [2.45, 2.75) is 6.61 Å². The molecule has 0 bridgehead atoms. The fraction of sp³-hybridized carbons (Fsp3) is 0.0769. The van der Waals surface area contributed by atoms with E-state index in [2.05, 4.69) is 0 Å². The third-order valence-electron chi connectivity index (χ3n) is 2.37. The van der Waals surface area contributed by atoms with Crippen LogP contribution in [0.5, 0.6) is 11.5 Å². The smallest absolute Gasteiger partial charge is 0.184 e. The van der Waals surface area contributed by atoms with Gasteiger partial charge in [0.2, 0.25) is 0 Å². The quantitative estimate of drug-likeness (QED) is 0.905. The van der Waals surface area contributed by atoms with Crippen molar-refractivity contribution in [2.75, 3.05) is 0 Å². The summed E-state index contributed by atoms with van der Waals surface area (Å²) in [6, 6.07) is 9.31. The number of hydrogen-bond acceptors (Lipinski definition) is 2. The van der Waals surface area contributed by atoms with Gasteiger partial charge in [-0.2, -0.15) is 0 Å². The molecule has 0 unspecified atom stereocenters. The van der Waals surface area contributed by atoms with E-state index in [9.17, 15) is 9.50 Å². The lowest BCUT2D eigenvalue weighted by Crippen LogP contribution is -1.94. The minimum absolute atomic E-state index is 0.0144. The third-order valence-corrected chi connectivity index (χ3v) is 3.02. The van der Waals surface area contributed by atoms with E-state index in [0.717, 1.165) is 0 Å². The predicted molar refractivity (Wildman–Crippen MR) is 68.9 cm³/mol. The van der Waals surface area contributed by atoms with Crippen molar-refractivity contribution in [3.63, 3.8) is 0 Å². The zero-order valence-corrected chi connectivity index (χ0v) is 10.7. The van der Waals surface area contributed by atoms with Gasteiger partial charge in [0.05, 0.1) is 11.6 Å². The molecule has 0 saturated heterocycles. The van der Waals surface area contributed by atoms with Crippen molar-refractivity contribution in [1.82, 2.24) is 0 Å². The van der Waals surface area contributed by atoms with Crippen molar-refractivity contribution in [2.24, 2.45) is 0 Å². The fourth-order valence-electron chi connectivity index (χ4n) is 1.47. The van der Waals surface area contributed by atoms with Crippen LogP contribution in [-0.4, -0.2) is 5.11 Å². The number of rotatable bonds is 3. The second kappa shape index (κ2) is 5.57. The van der Waals surface area contributed by atoms with E-state index < -0.39 is 5.82 Å². The second-order valence-corrected chi connectivity index (χ2v) is 4.34. The Morgan fingerprint density at radius 3 is 2.28 bits per heavy atom. The maximum atomic E-state index is 13.7. The number of benzene rings is 2. The first-order chi connectivity index (χ1) is 8.63. The number of hydrogen-bond donors (Lipinski definition) is 1. The van der Waals surface area contributed by atoms with Crippen molar-refractivity contribution < 1.29 is 14.2 Å². The average molecular weight is 287 g/mol. The van der Waals surface area contributed by atoms with Crippen molar-refractivity contribution in [1.29, 1.82) is 0 Å². The van der Waals surface area contributed by atoms with E-state index in [-0.39, 0.29) is 17.4 Å². The number of halogens is 3. The van der Waals surface area contributed by atoms with Crippen molar-refractivity contribution in [3.8, 4) is 11.5 Å². The number of ether oxygens (including phenoxy) is 1. The van der Waals surface area contributed by atoms with E-state index in [1.54, 1.807) is 24.3 Å². The minimum Gasteiger partial charge on any atom is -0.454 e. The molecule has 5 heteroatoms. The van der Waals surface area contributed by atoms with Gasteiger partial charge in [0.1, 0.15) is 5.75 Å². The van der Waals surface area contributed by atoms with E-state index in [4.69, 9.17) is 27.9 Å². The summed E-state index contributed by atoms with van der Waals surface area (Å²) in [5.41, 5.74) is 0.401. The van der Waals surface area contributed by atoms with Gasteiger partial charge in [-0.1, -0.05) is 35.3 Å². The first-order valence-electron chi connectivity index (χ1n) is 5.13. The molecule has 2 aromatic carbocycles. The number of aliphatic hydroxyl groups excluding tert-OH is 1. The van der Waals surface area contributed by atoms with Crippen LogP contribution >= 0.6 is 23.2 Å². The van der Waals surface area contributed by atoms with Crippen LogP contribution in [-0.2, 0) is 6.61 Å². The maximum absolute atomic E-state index is 13.7. The number of aliphatic hydroxyl groups is 1. The van der Waals surface area contributed by atoms with Crippen molar-refractivity contribution >= 4 is 23.2 Å². The Morgan fingerprint density at radius 1 is 1.00 bits per heavy atom. The van der Waals surface area contributed by atoms with Crippen molar-refractivity contribution in [3.05, 3.63) is 57.8 Å². The molecule has 0 spiro atoms. The molecule has 0 aliphatic carbocycles. The summed E-state index contributed by atoms with van der Waals surface area (Å²) >= 11 is 11.6. The third kappa shape index (κ3) is 2.58. The first kappa shape index (κ1) is 13.1. The summed E-state index contributed by atoms with van der Waals surface area (Å²) < 4.78 is 19.1. The fourth-order valence-corrected chi connectivity index (χ4v) is 1.86. The van der Waals surface area contributed by atoms with Crippen LogP contribution in [0.2, 0.25) is 10.0 Å². The predicted octanol–water partition coefficient (Wildman–Crippen LogP) is 4.42. The largest absolute Gasteiger partial charge is 0.454 e. The molecule has 94 valence electrons. The van der Waals surface area contributed by atoms with Gasteiger partial charge in [0, 0.05) is 10.6 Å². The molecule has 0 aliphatic heterocycles. The molecule has 0 amide bonds. The van der Waals surface area contributed by atoms with Crippen LogP contribution in [0, 0.1) is 5.82 Å². The van der Waals surface area contributed by atoms with Gasteiger partial charge >= 0.3 is 0 Å². The highest BCUT2D eigenvalue weighted by Crippen LogP contribution is 2.33. The zero-order valence-electron chi connectivity index (χ0n) is 9.16.